The topological polar surface area (TPSA) is 35.5 Å². The lowest BCUT2D eigenvalue weighted by Crippen LogP contribution is -2.39. The van der Waals surface area contributed by atoms with Crippen molar-refractivity contribution in [3.8, 4) is 0 Å². The molecule has 3 heteroatoms. The predicted octanol–water partition coefficient (Wildman–Crippen LogP) is 3.06. The molecule has 0 saturated heterocycles. The van der Waals surface area contributed by atoms with Crippen LogP contribution in [0.3, 0.4) is 0 Å². The largest absolute Gasteiger partial charge is 0.469 e. The monoisotopic (exact) mass is 284 g/mol. The highest BCUT2D eigenvalue weighted by atomic mass is 16.5. The molecule has 3 nitrogen and oxygen atoms in total. The molecular weight excluding hydrogens is 264 g/mol. The van der Waals surface area contributed by atoms with Gasteiger partial charge in [0.25, 0.3) is 0 Å². The number of rotatable bonds is 3. The van der Waals surface area contributed by atoms with Crippen LogP contribution in [0.5, 0.6) is 0 Å². The molecule has 110 valence electrons. The molecule has 21 heavy (non-hydrogen) atoms. The third-order valence-electron chi connectivity index (χ3n) is 4.16. The summed E-state index contributed by atoms with van der Waals surface area (Å²) in [6, 6.07) is 10.3. The van der Waals surface area contributed by atoms with Crippen molar-refractivity contribution in [2.75, 3.05) is 7.11 Å². The number of hydrogen-bond donors (Lipinski definition) is 0. The Morgan fingerprint density at radius 3 is 2.90 bits per heavy atom. The molecule has 1 aliphatic carbocycles. The minimum absolute atomic E-state index is 0.0137. The van der Waals surface area contributed by atoms with Gasteiger partial charge < -0.3 is 9.47 Å². The number of allylic oxidation sites excluding steroid dienone is 1. The molecule has 1 aliphatic heterocycles. The molecule has 0 fully saturated rings. The van der Waals surface area contributed by atoms with Crippen molar-refractivity contribution in [2.24, 2.45) is 5.92 Å². The third-order valence-corrected chi connectivity index (χ3v) is 4.16. The van der Waals surface area contributed by atoms with Gasteiger partial charge in [-0.05, 0) is 24.0 Å². The first-order valence-electron chi connectivity index (χ1n) is 7.43. The third kappa shape index (κ3) is 3.08. The van der Waals surface area contributed by atoms with E-state index in [0.29, 0.717) is 0 Å². The Hall–Kier alpha value is -1.87. The van der Waals surface area contributed by atoms with Gasteiger partial charge in [0.05, 0.1) is 25.2 Å². The highest BCUT2D eigenvalue weighted by Crippen LogP contribution is 2.33. The van der Waals surface area contributed by atoms with Crippen LogP contribution in [0.15, 0.2) is 54.1 Å². The Balaban J connectivity index is 1.75. The number of methoxy groups -OCH3 is 1. The van der Waals surface area contributed by atoms with Crippen LogP contribution >= 0.6 is 0 Å². The van der Waals surface area contributed by atoms with E-state index in [1.807, 2.05) is 18.2 Å². The summed E-state index contributed by atoms with van der Waals surface area (Å²) in [4.78, 5) is 11.9. The van der Waals surface area contributed by atoms with Crippen LogP contribution in [0.4, 0.5) is 0 Å². The smallest absolute Gasteiger partial charge is 0.311 e. The van der Waals surface area contributed by atoms with Gasteiger partial charge in [-0.3, -0.25) is 4.79 Å². The zero-order valence-electron chi connectivity index (χ0n) is 12.2. The van der Waals surface area contributed by atoms with Gasteiger partial charge in [0.15, 0.2) is 0 Å². The van der Waals surface area contributed by atoms with E-state index in [-0.39, 0.29) is 24.1 Å². The quantitative estimate of drug-likeness (QED) is 0.800. The van der Waals surface area contributed by atoms with E-state index in [1.54, 1.807) is 0 Å². The van der Waals surface area contributed by atoms with E-state index in [1.165, 1.54) is 12.7 Å². The molecule has 2 aliphatic rings. The predicted molar refractivity (Wildman–Crippen MR) is 80.8 cm³/mol. The number of carbonyl (C=O) groups excluding carboxylic acids is 1. The summed E-state index contributed by atoms with van der Waals surface area (Å²) in [5, 5.41) is 0. The van der Waals surface area contributed by atoms with Gasteiger partial charge in [-0.1, -0.05) is 48.6 Å². The minimum atomic E-state index is -0.182. The van der Waals surface area contributed by atoms with Crippen LogP contribution in [0.2, 0.25) is 0 Å². The molecule has 0 spiro atoms. The summed E-state index contributed by atoms with van der Waals surface area (Å²) in [5.41, 5.74) is 2.35. The Bertz CT molecular complexity index is 559. The second kappa shape index (κ2) is 6.27. The van der Waals surface area contributed by atoms with E-state index in [0.717, 1.165) is 24.8 Å². The lowest BCUT2D eigenvalue weighted by Gasteiger charge is -2.35. The van der Waals surface area contributed by atoms with Crippen LogP contribution in [0.1, 0.15) is 18.4 Å². The normalized spacial score (nSPS) is 27.7. The Morgan fingerprint density at radius 2 is 2.14 bits per heavy atom. The Morgan fingerprint density at radius 1 is 1.33 bits per heavy atom. The van der Waals surface area contributed by atoms with E-state index >= 15 is 0 Å². The van der Waals surface area contributed by atoms with Gasteiger partial charge in [0.2, 0.25) is 0 Å². The lowest BCUT2D eigenvalue weighted by molar-refractivity contribution is -0.151. The van der Waals surface area contributed by atoms with Gasteiger partial charge in [-0.15, -0.1) is 0 Å². The van der Waals surface area contributed by atoms with E-state index in [2.05, 4.69) is 30.4 Å². The maximum atomic E-state index is 11.9. The number of benzene rings is 1. The molecule has 1 aromatic rings. The first-order valence-corrected chi connectivity index (χ1v) is 7.43. The van der Waals surface area contributed by atoms with Crippen LogP contribution in [0.25, 0.3) is 0 Å². The fraction of sp³-hybridized carbons (Fsp3) is 0.389. The Labute approximate surface area is 125 Å². The van der Waals surface area contributed by atoms with Crippen molar-refractivity contribution in [1.29, 1.82) is 0 Å². The molecule has 0 amide bonds. The van der Waals surface area contributed by atoms with Crippen LogP contribution in [0, 0.1) is 5.92 Å². The zero-order chi connectivity index (χ0) is 14.7. The van der Waals surface area contributed by atoms with Crippen LogP contribution in [-0.4, -0.2) is 25.3 Å². The molecule has 1 aromatic carbocycles. The number of carbonyl (C=O) groups is 1. The van der Waals surface area contributed by atoms with E-state index in [9.17, 15) is 4.79 Å². The highest BCUT2D eigenvalue weighted by Gasteiger charge is 2.37. The maximum absolute atomic E-state index is 11.9. The minimum Gasteiger partial charge on any atom is -0.469 e. The van der Waals surface area contributed by atoms with Gasteiger partial charge in [0.1, 0.15) is 0 Å². The number of hydrogen-bond acceptors (Lipinski definition) is 3. The summed E-state index contributed by atoms with van der Waals surface area (Å²) < 4.78 is 11.1. The Kier molecular flexibility index (Phi) is 4.20. The average Bonchev–Trinajstić information content (AvgIpc) is 2.54. The van der Waals surface area contributed by atoms with Crippen molar-refractivity contribution in [1.82, 2.24) is 0 Å². The molecule has 0 aromatic heterocycles. The fourth-order valence-electron chi connectivity index (χ4n) is 3.07. The zero-order valence-corrected chi connectivity index (χ0v) is 12.2. The van der Waals surface area contributed by atoms with Crippen LogP contribution in [-0.2, 0) is 20.7 Å². The maximum Gasteiger partial charge on any atom is 0.311 e. The number of esters is 1. The summed E-state index contributed by atoms with van der Waals surface area (Å²) in [6.07, 6.45) is 8.75. The summed E-state index contributed by atoms with van der Waals surface area (Å²) in [6.45, 7) is 0. The van der Waals surface area contributed by atoms with Crippen molar-refractivity contribution in [2.45, 2.75) is 31.5 Å². The first-order chi connectivity index (χ1) is 10.3. The van der Waals surface area contributed by atoms with Gasteiger partial charge >= 0.3 is 5.97 Å². The molecule has 0 unspecified atom stereocenters. The van der Waals surface area contributed by atoms with Crippen molar-refractivity contribution in [3.63, 3.8) is 0 Å². The van der Waals surface area contributed by atoms with Crippen molar-refractivity contribution >= 4 is 5.97 Å². The molecule has 3 atom stereocenters. The van der Waals surface area contributed by atoms with Gasteiger partial charge in [-0.25, -0.2) is 0 Å². The van der Waals surface area contributed by atoms with Crippen molar-refractivity contribution < 1.29 is 14.3 Å². The molecule has 1 heterocycles. The van der Waals surface area contributed by atoms with Crippen molar-refractivity contribution in [3.05, 3.63) is 59.7 Å². The molecule has 3 rings (SSSR count). The average molecular weight is 284 g/mol. The second-order valence-corrected chi connectivity index (χ2v) is 5.56. The molecular formula is C18H20O3. The van der Waals surface area contributed by atoms with Crippen LogP contribution < -0.4 is 0 Å². The van der Waals surface area contributed by atoms with Gasteiger partial charge in [0, 0.05) is 6.42 Å². The molecule has 0 bridgehead atoms. The summed E-state index contributed by atoms with van der Waals surface area (Å²) >= 11 is 0. The van der Waals surface area contributed by atoms with Gasteiger partial charge in [-0.2, -0.15) is 0 Å². The fourth-order valence-corrected chi connectivity index (χ4v) is 3.07. The summed E-state index contributed by atoms with van der Waals surface area (Å²) in [7, 11) is 1.44. The highest BCUT2D eigenvalue weighted by molar-refractivity contribution is 5.74. The molecule has 0 N–H and O–H groups in total. The van der Waals surface area contributed by atoms with E-state index in [4.69, 9.17) is 9.47 Å². The van der Waals surface area contributed by atoms with E-state index < -0.39 is 0 Å². The summed E-state index contributed by atoms with van der Waals surface area (Å²) in [5.74, 6) is -0.349. The SMILES string of the molecule is COC(=O)[C@H]1CCC=C2C=C[C@@H](Cc3ccccc3)O[C@H]21. The number of ether oxygens (including phenoxy) is 2. The molecule has 0 saturated carbocycles. The lowest BCUT2D eigenvalue weighted by atomic mass is 9.84. The number of fused-ring (bicyclic) bond motifs is 1. The second-order valence-electron chi connectivity index (χ2n) is 5.56. The molecule has 0 radical (unpaired) electrons. The standard InChI is InChI=1S/C18H20O3/c1-20-18(19)16-9-5-8-14-10-11-15(21-17(14)16)12-13-6-3-2-4-7-13/h2-4,6-8,10-11,15-17H,5,9,12H2,1H3/t15-,16-,17+/m0/s1. The first kappa shape index (κ1) is 14.1.